The third kappa shape index (κ3) is 5.53. The van der Waals surface area contributed by atoms with E-state index in [1.807, 2.05) is 0 Å². The van der Waals surface area contributed by atoms with E-state index in [0.717, 1.165) is 0 Å². The third-order valence-corrected chi connectivity index (χ3v) is 2.69. The van der Waals surface area contributed by atoms with Crippen LogP contribution in [-0.4, -0.2) is 31.0 Å². The lowest BCUT2D eigenvalue weighted by atomic mass is 10.2. The Labute approximate surface area is 101 Å². The molecule has 3 N–H and O–H groups in total. The van der Waals surface area contributed by atoms with E-state index in [-0.39, 0.29) is 12.3 Å². The summed E-state index contributed by atoms with van der Waals surface area (Å²) in [5, 5.41) is 2.09. The number of carbonyl (C=O) groups excluding carboxylic acids is 1. The Morgan fingerprint density at radius 1 is 1.44 bits per heavy atom. The molecule has 96 valence electrons. The number of carbonyl (C=O) groups is 1. The fourth-order valence-corrected chi connectivity index (χ4v) is 1.73. The number of alkyl carbamates (subject to hydrolysis) is 1. The Kier molecular flexibility index (Phi) is 5.51. The van der Waals surface area contributed by atoms with Gasteiger partial charge in [-0.3, -0.25) is 11.1 Å². The molecule has 0 fully saturated rings. The number of thiol groups is 1. The van der Waals surface area contributed by atoms with Crippen LogP contribution < -0.4 is 11.1 Å². The van der Waals surface area contributed by atoms with Crippen molar-refractivity contribution in [3.63, 3.8) is 0 Å². The summed E-state index contributed by atoms with van der Waals surface area (Å²) < 4.78 is 26.7. The Balaban J connectivity index is 4.60. The molecule has 1 unspecified atom stereocenters. The first-order valence-corrected chi connectivity index (χ1v) is 6.32. The molecule has 0 bridgehead atoms. The van der Waals surface area contributed by atoms with Crippen molar-refractivity contribution in [2.24, 2.45) is 5.73 Å². The van der Waals surface area contributed by atoms with E-state index in [9.17, 15) is 13.2 Å². The summed E-state index contributed by atoms with van der Waals surface area (Å²) in [6.45, 7) is 4.97. The highest BCUT2D eigenvalue weighted by atomic mass is 35.5. The highest BCUT2D eigenvalue weighted by Gasteiger charge is 2.32. The first-order valence-electron chi connectivity index (χ1n) is 4.61. The lowest BCUT2D eigenvalue weighted by Gasteiger charge is -2.26. The van der Waals surface area contributed by atoms with Crippen LogP contribution in [0.3, 0.4) is 0 Å². The van der Waals surface area contributed by atoms with Gasteiger partial charge in [0.2, 0.25) is 0 Å². The summed E-state index contributed by atoms with van der Waals surface area (Å²) >= 11 is 5.41. The predicted molar refractivity (Wildman–Crippen MR) is 61.9 cm³/mol. The van der Waals surface area contributed by atoms with Crippen molar-refractivity contribution < 1.29 is 17.9 Å². The quantitative estimate of drug-likeness (QED) is 0.390. The molecule has 6 nitrogen and oxygen atoms in total. The van der Waals surface area contributed by atoms with Crippen molar-refractivity contribution in [3.05, 3.63) is 0 Å². The van der Waals surface area contributed by atoms with Crippen LogP contribution in [0.4, 0.5) is 4.79 Å². The van der Waals surface area contributed by atoms with Gasteiger partial charge in [-0.05, 0) is 20.8 Å². The number of hydrogen-bond acceptors (Lipinski definition) is 5. The van der Waals surface area contributed by atoms with Crippen molar-refractivity contribution in [1.29, 1.82) is 0 Å². The van der Waals surface area contributed by atoms with Crippen LogP contribution >= 0.6 is 11.6 Å². The maximum atomic E-state index is 11.3. The van der Waals surface area contributed by atoms with Gasteiger partial charge in [0, 0.05) is 12.3 Å². The maximum Gasteiger partial charge on any atom is 0.409 e. The van der Waals surface area contributed by atoms with Gasteiger partial charge < -0.3 is 4.74 Å². The molecule has 0 radical (unpaired) electrons. The highest BCUT2D eigenvalue weighted by Crippen LogP contribution is 2.10. The standard InChI is InChI=1S/C8H17ClN2O4S/c1-7(2,3)15-6(12)11-8(10,4-5-9)16(13)14/h16H,4-5,10H2,1-3H3,(H,11,12). The number of hydrogen-bond donors (Lipinski definition) is 3. The zero-order valence-electron chi connectivity index (χ0n) is 9.45. The van der Waals surface area contributed by atoms with Gasteiger partial charge in [0.1, 0.15) is 5.60 Å². The molecule has 1 atom stereocenters. The van der Waals surface area contributed by atoms with E-state index in [0.29, 0.717) is 0 Å². The monoisotopic (exact) mass is 272 g/mol. The molecule has 0 aliphatic heterocycles. The van der Waals surface area contributed by atoms with Gasteiger partial charge in [0.25, 0.3) is 0 Å². The fraction of sp³-hybridized carbons (Fsp3) is 0.875. The molecule has 0 aromatic heterocycles. The van der Waals surface area contributed by atoms with Crippen LogP contribution in [0.5, 0.6) is 0 Å². The lowest BCUT2D eigenvalue weighted by Crippen LogP contribution is -2.58. The van der Waals surface area contributed by atoms with Gasteiger partial charge >= 0.3 is 6.09 Å². The van der Waals surface area contributed by atoms with Gasteiger partial charge in [-0.25, -0.2) is 13.2 Å². The number of alkyl halides is 1. The zero-order chi connectivity index (χ0) is 13.0. The van der Waals surface area contributed by atoms with Crippen LogP contribution in [0.25, 0.3) is 0 Å². The Hall–Kier alpha value is -0.530. The third-order valence-electron chi connectivity index (χ3n) is 1.52. The first kappa shape index (κ1) is 15.5. The molecule has 0 aromatic carbocycles. The Bertz CT molecular complexity index is 318. The first-order chi connectivity index (χ1) is 7.10. The number of amides is 1. The van der Waals surface area contributed by atoms with Crippen molar-refractivity contribution in [1.82, 2.24) is 5.32 Å². The van der Waals surface area contributed by atoms with E-state index in [4.69, 9.17) is 22.1 Å². The molecule has 0 rings (SSSR count). The second kappa shape index (κ2) is 5.70. The summed E-state index contributed by atoms with van der Waals surface area (Å²) in [5.74, 6) is 0.00953. The van der Waals surface area contributed by atoms with Gasteiger partial charge in [0.15, 0.2) is 15.7 Å². The van der Waals surface area contributed by atoms with Gasteiger partial charge in [0.05, 0.1) is 0 Å². The molecule has 0 heterocycles. The molecular formula is C8H17ClN2O4S. The zero-order valence-corrected chi connectivity index (χ0v) is 11.1. The van der Waals surface area contributed by atoms with Crippen LogP contribution in [0.2, 0.25) is 0 Å². The maximum absolute atomic E-state index is 11.3. The second-order valence-corrected chi connectivity index (χ2v) is 5.94. The SMILES string of the molecule is CC(C)(C)OC(=O)NC(N)(CCCl)[SH](=O)=O. The summed E-state index contributed by atoms with van der Waals surface area (Å²) in [6.07, 6.45) is -0.980. The molecule has 0 aromatic rings. The van der Waals surface area contributed by atoms with Gasteiger partial charge in [-0.1, -0.05) is 0 Å². The summed E-state index contributed by atoms with van der Waals surface area (Å²) in [6, 6.07) is 0. The van der Waals surface area contributed by atoms with Crippen LogP contribution in [0, 0.1) is 0 Å². The van der Waals surface area contributed by atoms with Gasteiger partial charge in [-0.2, -0.15) is 0 Å². The predicted octanol–water partition coefficient (Wildman–Crippen LogP) is 0.364. The van der Waals surface area contributed by atoms with E-state index in [1.54, 1.807) is 20.8 Å². The number of nitrogens with one attached hydrogen (secondary N) is 1. The minimum atomic E-state index is -3.04. The van der Waals surface area contributed by atoms with Crippen molar-refractivity contribution in [2.45, 2.75) is 37.8 Å². The molecule has 0 saturated carbocycles. The molecule has 0 spiro atoms. The van der Waals surface area contributed by atoms with E-state index >= 15 is 0 Å². The molecule has 16 heavy (non-hydrogen) atoms. The van der Waals surface area contributed by atoms with E-state index < -0.39 is 27.4 Å². The normalized spacial score (nSPS) is 15.6. The van der Waals surface area contributed by atoms with Crippen molar-refractivity contribution >= 4 is 28.4 Å². The molecule has 1 amide bonds. The van der Waals surface area contributed by atoms with Crippen LogP contribution in [0.1, 0.15) is 27.2 Å². The minimum Gasteiger partial charge on any atom is -0.444 e. The summed E-state index contributed by atoms with van der Waals surface area (Å²) in [4.78, 5) is 9.47. The van der Waals surface area contributed by atoms with Crippen LogP contribution in [-0.2, 0) is 15.4 Å². The molecule has 8 heteroatoms. The average molecular weight is 273 g/mol. The number of ether oxygens (including phenoxy) is 1. The highest BCUT2D eigenvalue weighted by molar-refractivity contribution is 7.74. The lowest BCUT2D eigenvalue weighted by molar-refractivity contribution is 0.0491. The Morgan fingerprint density at radius 2 is 1.94 bits per heavy atom. The molecule has 0 aliphatic carbocycles. The largest absolute Gasteiger partial charge is 0.444 e. The van der Waals surface area contributed by atoms with Crippen LogP contribution in [0.15, 0.2) is 0 Å². The second-order valence-electron chi connectivity index (χ2n) is 4.25. The number of nitrogens with two attached hydrogens (primary N) is 1. The number of halogens is 1. The fourth-order valence-electron chi connectivity index (χ4n) is 0.824. The molecule has 0 saturated heterocycles. The number of rotatable bonds is 4. The topological polar surface area (TPSA) is 98.5 Å². The van der Waals surface area contributed by atoms with E-state index in [2.05, 4.69) is 5.32 Å². The van der Waals surface area contributed by atoms with Gasteiger partial charge in [-0.15, -0.1) is 11.6 Å². The summed E-state index contributed by atoms with van der Waals surface area (Å²) in [7, 11) is -3.04. The molecule has 0 aliphatic rings. The minimum absolute atomic E-state index is 0.00953. The molecular weight excluding hydrogens is 256 g/mol. The van der Waals surface area contributed by atoms with Crippen molar-refractivity contribution in [3.8, 4) is 0 Å². The smallest absolute Gasteiger partial charge is 0.409 e. The average Bonchev–Trinajstić information content (AvgIpc) is 1.99. The van der Waals surface area contributed by atoms with Crippen molar-refractivity contribution in [2.75, 3.05) is 5.88 Å². The Morgan fingerprint density at radius 3 is 2.25 bits per heavy atom. The van der Waals surface area contributed by atoms with E-state index in [1.165, 1.54) is 0 Å². The summed E-state index contributed by atoms with van der Waals surface area (Å²) in [5.41, 5.74) is 4.76.